The Balaban J connectivity index is 2.49. The summed E-state index contributed by atoms with van der Waals surface area (Å²) in [7, 11) is 0. The largest absolute Gasteiger partial charge is 0.512 e. The van der Waals surface area contributed by atoms with E-state index in [2.05, 4.69) is 19.9 Å². The van der Waals surface area contributed by atoms with Crippen LogP contribution in [0, 0.1) is 17.3 Å². The van der Waals surface area contributed by atoms with Gasteiger partial charge in [-0.05, 0) is 30.8 Å². The van der Waals surface area contributed by atoms with Crippen LogP contribution in [-0.4, -0.2) is 16.3 Å². The molecule has 0 aromatic carbocycles. The Morgan fingerprint density at radius 2 is 2.00 bits per heavy atom. The minimum Gasteiger partial charge on any atom is -0.512 e. The summed E-state index contributed by atoms with van der Waals surface area (Å²) in [6.07, 6.45) is 6.61. The molecule has 0 saturated heterocycles. The van der Waals surface area contributed by atoms with Gasteiger partial charge in [0, 0.05) is 11.8 Å². The van der Waals surface area contributed by atoms with Gasteiger partial charge in [0.1, 0.15) is 0 Å². The minimum atomic E-state index is -0.269. The Labute approximate surface area is 97.7 Å². The maximum Gasteiger partial charge on any atom is 0.0987 e. The quantitative estimate of drug-likeness (QED) is 0.661. The van der Waals surface area contributed by atoms with Crippen molar-refractivity contribution in [3.8, 4) is 0 Å². The summed E-state index contributed by atoms with van der Waals surface area (Å²) < 4.78 is 0. The van der Waals surface area contributed by atoms with Gasteiger partial charge in [-0.2, -0.15) is 0 Å². The van der Waals surface area contributed by atoms with Gasteiger partial charge in [0.05, 0.1) is 11.9 Å². The summed E-state index contributed by atoms with van der Waals surface area (Å²) in [5.41, 5.74) is 0.892. The Kier molecular flexibility index (Phi) is 2.87. The first-order chi connectivity index (χ1) is 7.44. The van der Waals surface area contributed by atoms with E-state index >= 15 is 0 Å². The van der Waals surface area contributed by atoms with Crippen molar-refractivity contribution in [2.24, 2.45) is 17.3 Å². The van der Waals surface area contributed by atoms with Gasteiger partial charge in [0.2, 0.25) is 0 Å². The summed E-state index contributed by atoms with van der Waals surface area (Å²) in [5.74, 6) is 0.863. The van der Waals surface area contributed by atoms with Gasteiger partial charge in [-0.1, -0.05) is 32.4 Å². The summed E-state index contributed by atoms with van der Waals surface area (Å²) >= 11 is 0. The predicted octanol–water partition coefficient (Wildman–Crippen LogP) is 3.19. The van der Waals surface area contributed by atoms with Crippen molar-refractivity contribution < 1.29 is 10.2 Å². The molecule has 3 atom stereocenters. The second-order valence-electron chi connectivity index (χ2n) is 5.83. The van der Waals surface area contributed by atoms with E-state index in [0.717, 1.165) is 24.8 Å². The van der Waals surface area contributed by atoms with E-state index < -0.39 is 0 Å². The zero-order valence-corrected chi connectivity index (χ0v) is 10.4. The molecule has 0 amide bonds. The number of aliphatic hydroxyl groups is 2. The number of fused-ring (bicyclic) bond motifs is 2. The van der Waals surface area contributed by atoms with Crippen molar-refractivity contribution >= 4 is 0 Å². The highest BCUT2D eigenvalue weighted by Gasteiger charge is 2.44. The molecular formula is C14H22O2. The van der Waals surface area contributed by atoms with Crippen LogP contribution in [0.3, 0.4) is 0 Å². The second kappa shape index (κ2) is 3.92. The summed E-state index contributed by atoms with van der Waals surface area (Å²) in [6, 6.07) is 0. The van der Waals surface area contributed by atoms with E-state index in [1.807, 2.05) is 13.0 Å². The van der Waals surface area contributed by atoms with Crippen LogP contribution in [0.1, 0.15) is 40.0 Å². The lowest BCUT2D eigenvalue weighted by Crippen LogP contribution is -2.36. The molecule has 2 aliphatic rings. The first kappa shape index (κ1) is 11.7. The van der Waals surface area contributed by atoms with Gasteiger partial charge in [-0.3, -0.25) is 0 Å². The first-order valence-electron chi connectivity index (χ1n) is 6.20. The van der Waals surface area contributed by atoms with E-state index in [9.17, 15) is 10.2 Å². The first-order valence-corrected chi connectivity index (χ1v) is 6.20. The fraction of sp³-hybridized carbons (Fsp3) is 0.714. The summed E-state index contributed by atoms with van der Waals surface area (Å²) in [5, 5.41) is 20.4. The Hall–Kier alpha value is -0.760. The molecule has 2 heteroatoms. The molecule has 90 valence electrons. The van der Waals surface area contributed by atoms with Gasteiger partial charge in [-0.25, -0.2) is 0 Å². The predicted molar refractivity (Wildman–Crippen MR) is 65.1 cm³/mol. The molecule has 1 saturated carbocycles. The second-order valence-corrected chi connectivity index (χ2v) is 5.83. The van der Waals surface area contributed by atoms with Crippen molar-refractivity contribution in [2.45, 2.75) is 46.1 Å². The van der Waals surface area contributed by atoms with Gasteiger partial charge < -0.3 is 10.2 Å². The molecule has 2 N–H and O–H groups in total. The lowest BCUT2D eigenvalue weighted by molar-refractivity contribution is 0.0422. The highest BCUT2D eigenvalue weighted by molar-refractivity contribution is 5.28. The third-order valence-electron chi connectivity index (χ3n) is 4.45. The Morgan fingerprint density at radius 1 is 1.31 bits per heavy atom. The third kappa shape index (κ3) is 1.69. The molecule has 2 aliphatic carbocycles. The van der Waals surface area contributed by atoms with E-state index in [1.54, 1.807) is 0 Å². The summed E-state index contributed by atoms with van der Waals surface area (Å²) in [4.78, 5) is 0. The van der Waals surface area contributed by atoms with Crippen LogP contribution >= 0.6 is 0 Å². The number of aliphatic hydroxyl groups excluding tert-OH is 2. The topological polar surface area (TPSA) is 40.5 Å². The molecule has 16 heavy (non-hydrogen) atoms. The molecule has 0 unspecified atom stereocenters. The van der Waals surface area contributed by atoms with Crippen molar-refractivity contribution in [1.29, 1.82) is 0 Å². The van der Waals surface area contributed by atoms with Crippen molar-refractivity contribution in [3.05, 3.63) is 23.5 Å². The lowest BCUT2D eigenvalue weighted by Gasteiger charge is -2.38. The van der Waals surface area contributed by atoms with Crippen LogP contribution in [0.15, 0.2) is 23.5 Å². The molecule has 0 heterocycles. The van der Waals surface area contributed by atoms with Crippen molar-refractivity contribution in [1.82, 2.24) is 0 Å². The molecule has 1 fully saturated rings. The monoisotopic (exact) mass is 222 g/mol. The average Bonchev–Trinajstić information content (AvgIpc) is 2.36. The molecule has 0 aromatic rings. The van der Waals surface area contributed by atoms with Crippen LogP contribution in [0.4, 0.5) is 0 Å². The number of rotatable bonds is 0. The highest BCUT2D eigenvalue weighted by Crippen LogP contribution is 2.49. The van der Waals surface area contributed by atoms with E-state index in [4.69, 9.17) is 0 Å². The molecule has 0 radical (unpaired) electrons. The molecule has 0 aromatic heterocycles. The van der Waals surface area contributed by atoms with Gasteiger partial charge >= 0.3 is 0 Å². The Bertz CT molecular complexity index is 339. The molecule has 0 aliphatic heterocycles. The van der Waals surface area contributed by atoms with Crippen LogP contribution in [0.2, 0.25) is 0 Å². The van der Waals surface area contributed by atoms with Gasteiger partial charge in [-0.15, -0.1) is 0 Å². The minimum absolute atomic E-state index is 0.0612. The average molecular weight is 222 g/mol. The van der Waals surface area contributed by atoms with Crippen LogP contribution in [-0.2, 0) is 0 Å². The third-order valence-corrected chi connectivity index (χ3v) is 4.45. The van der Waals surface area contributed by atoms with Gasteiger partial charge in [0.15, 0.2) is 0 Å². The molecule has 0 spiro atoms. The van der Waals surface area contributed by atoms with Crippen LogP contribution in [0.25, 0.3) is 0 Å². The number of hydrogen-bond donors (Lipinski definition) is 2. The fourth-order valence-corrected chi connectivity index (χ4v) is 3.28. The van der Waals surface area contributed by atoms with Gasteiger partial charge in [0.25, 0.3) is 0 Å². The maximum atomic E-state index is 10.3. The SMILES string of the molecule is CC1=C(O)[C@@H]2CCC[C@H](O)[C@H](C=C1)C2(C)C. The molecule has 2 nitrogen and oxygen atoms in total. The van der Waals surface area contributed by atoms with Crippen molar-refractivity contribution in [2.75, 3.05) is 0 Å². The normalized spacial score (nSPS) is 38.1. The fourth-order valence-electron chi connectivity index (χ4n) is 3.28. The number of hydrogen-bond acceptors (Lipinski definition) is 2. The standard InChI is InChI=1S/C14H22O2/c1-9-7-8-10-12(15)6-4-5-11(13(9)16)14(10,2)3/h7-8,10-12,15-16H,4-6H2,1-3H3/t10-,11-,12-/m0/s1. The number of allylic oxidation sites excluding steroid dienone is 3. The van der Waals surface area contributed by atoms with E-state index in [1.165, 1.54) is 0 Å². The van der Waals surface area contributed by atoms with Crippen LogP contribution < -0.4 is 0 Å². The molecular weight excluding hydrogens is 200 g/mol. The highest BCUT2D eigenvalue weighted by atomic mass is 16.3. The zero-order chi connectivity index (χ0) is 11.9. The lowest BCUT2D eigenvalue weighted by atomic mass is 9.67. The smallest absolute Gasteiger partial charge is 0.0987 e. The maximum absolute atomic E-state index is 10.3. The van der Waals surface area contributed by atoms with E-state index in [0.29, 0.717) is 5.76 Å². The van der Waals surface area contributed by atoms with E-state index in [-0.39, 0.29) is 23.4 Å². The zero-order valence-electron chi connectivity index (χ0n) is 10.4. The molecule has 2 rings (SSSR count). The Morgan fingerprint density at radius 3 is 2.69 bits per heavy atom. The molecule has 2 bridgehead atoms. The van der Waals surface area contributed by atoms with Crippen molar-refractivity contribution in [3.63, 3.8) is 0 Å². The van der Waals surface area contributed by atoms with Crippen LogP contribution in [0.5, 0.6) is 0 Å². The summed E-state index contributed by atoms with van der Waals surface area (Å²) in [6.45, 7) is 6.28.